The van der Waals surface area contributed by atoms with Gasteiger partial charge in [0.15, 0.2) is 0 Å². The van der Waals surface area contributed by atoms with Gasteiger partial charge in [0.1, 0.15) is 5.82 Å². The number of carbonyl (C=O) groups is 1. The normalized spacial score (nSPS) is 10.5. The fourth-order valence-electron chi connectivity index (χ4n) is 1.77. The average molecular weight is 267 g/mol. The molecule has 0 saturated heterocycles. The van der Waals surface area contributed by atoms with Crippen molar-refractivity contribution in [2.24, 2.45) is 0 Å². The molecule has 0 unspecified atom stereocenters. The highest BCUT2D eigenvalue weighted by Gasteiger charge is 2.12. The minimum absolute atomic E-state index is 0.175. The first kappa shape index (κ1) is 15.5. The summed E-state index contributed by atoms with van der Waals surface area (Å²) in [4.78, 5) is 11.7. The van der Waals surface area contributed by atoms with Crippen LogP contribution in [0.4, 0.5) is 10.1 Å². The van der Waals surface area contributed by atoms with E-state index in [1.165, 1.54) is 25.0 Å². The van der Waals surface area contributed by atoms with Crippen molar-refractivity contribution >= 4 is 11.7 Å². The number of hydrogen-bond acceptors (Lipinski definition) is 3. The molecule has 0 radical (unpaired) electrons. The van der Waals surface area contributed by atoms with Crippen LogP contribution in [0.2, 0.25) is 0 Å². The van der Waals surface area contributed by atoms with Gasteiger partial charge in [0.05, 0.1) is 12.2 Å². The molecule has 0 aliphatic carbocycles. The molecule has 1 aromatic rings. The van der Waals surface area contributed by atoms with Crippen molar-refractivity contribution < 1.29 is 13.9 Å². The van der Waals surface area contributed by atoms with Gasteiger partial charge >= 0.3 is 5.97 Å². The third-order valence-electron chi connectivity index (χ3n) is 3.10. The summed E-state index contributed by atoms with van der Waals surface area (Å²) in [6.07, 6.45) is 5.43. The second-order valence-corrected chi connectivity index (χ2v) is 4.72. The molecule has 0 atom stereocenters. The number of hydrogen-bond donors (Lipinski definition) is 1. The van der Waals surface area contributed by atoms with Gasteiger partial charge in [-0.2, -0.15) is 0 Å². The number of nitrogen functional groups attached to an aromatic ring is 1. The van der Waals surface area contributed by atoms with Crippen LogP contribution in [-0.4, -0.2) is 12.6 Å². The van der Waals surface area contributed by atoms with Crippen LogP contribution < -0.4 is 5.73 Å². The topological polar surface area (TPSA) is 52.3 Å². The first-order chi connectivity index (χ1) is 9.06. The van der Waals surface area contributed by atoms with E-state index in [-0.39, 0.29) is 11.3 Å². The second-order valence-electron chi connectivity index (χ2n) is 4.72. The number of rotatable bonds is 7. The summed E-state index contributed by atoms with van der Waals surface area (Å²) in [6.45, 7) is 4.10. The van der Waals surface area contributed by atoms with Crippen LogP contribution in [0.15, 0.2) is 12.1 Å². The molecule has 4 heteroatoms. The van der Waals surface area contributed by atoms with Gasteiger partial charge in [-0.25, -0.2) is 9.18 Å². The van der Waals surface area contributed by atoms with Crippen LogP contribution in [0.25, 0.3) is 0 Å². The highest BCUT2D eigenvalue weighted by molar-refractivity contribution is 5.90. The van der Waals surface area contributed by atoms with Gasteiger partial charge in [-0.15, -0.1) is 0 Å². The van der Waals surface area contributed by atoms with Gasteiger partial charge < -0.3 is 10.5 Å². The van der Waals surface area contributed by atoms with Crippen LogP contribution in [0.5, 0.6) is 0 Å². The maximum absolute atomic E-state index is 13.4. The molecule has 0 aromatic heterocycles. The molecule has 3 nitrogen and oxygen atoms in total. The smallest absolute Gasteiger partial charge is 0.338 e. The lowest BCUT2D eigenvalue weighted by Crippen LogP contribution is -2.08. The number of carbonyl (C=O) groups excluding carboxylic acids is 1. The molecule has 0 amide bonds. The molecule has 0 saturated carbocycles. The third kappa shape index (κ3) is 4.89. The first-order valence-corrected chi connectivity index (χ1v) is 6.79. The Morgan fingerprint density at radius 2 is 1.95 bits per heavy atom. The number of ether oxygens (including phenoxy) is 1. The highest BCUT2D eigenvalue weighted by Crippen LogP contribution is 2.18. The fourth-order valence-corrected chi connectivity index (χ4v) is 1.77. The zero-order chi connectivity index (χ0) is 14.3. The predicted molar refractivity (Wildman–Crippen MR) is 74.6 cm³/mol. The Morgan fingerprint density at radius 3 is 2.58 bits per heavy atom. The van der Waals surface area contributed by atoms with E-state index in [0.717, 1.165) is 19.3 Å². The zero-order valence-electron chi connectivity index (χ0n) is 11.7. The van der Waals surface area contributed by atoms with Crippen LogP contribution in [0, 0.1) is 12.7 Å². The Balaban J connectivity index is 2.42. The van der Waals surface area contributed by atoms with E-state index in [0.29, 0.717) is 12.2 Å². The molecule has 0 heterocycles. The number of esters is 1. The molecular weight excluding hydrogens is 245 g/mol. The number of anilines is 1. The van der Waals surface area contributed by atoms with E-state index < -0.39 is 11.8 Å². The minimum Gasteiger partial charge on any atom is -0.462 e. The summed E-state index contributed by atoms with van der Waals surface area (Å²) in [5.74, 6) is -0.990. The minimum atomic E-state index is -0.513. The van der Waals surface area contributed by atoms with E-state index in [4.69, 9.17) is 10.5 Å². The molecule has 1 rings (SSSR count). The Labute approximate surface area is 113 Å². The molecule has 0 bridgehead atoms. The van der Waals surface area contributed by atoms with Crippen LogP contribution in [0.3, 0.4) is 0 Å². The first-order valence-electron chi connectivity index (χ1n) is 6.79. The molecule has 1 aromatic carbocycles. The van der Waals surface area contributed by atoms with Crippen molar-refractivity contribution in [3.63, 3.8) is 0 Å². The zero-order valence-corrected chi connectivity index (χ0v) is 11.7. The van der Waals surface area contributed by atoms with Gasteiger partial charge in [0, 0.05) is 11.3 Å². The van der Waals surface area contributed by atoms with E-state index in [1.54, 1.807) is 6.92 Å². The number of benzene rings is 1. The standard InChI is InChI=1S/C15H22FNO2/c1-3-4-5-6-7-8-19-15(18)12-9-13(16)11(2)14(17)10-12/h9-10H,3-8,17H2,1-2H3. The molecule has 106 valence electrons. The summed E-state index contributed by atoms with van der Waals surface area (Å²) >= 11 is 0. The monoisotopic (exact) mass is 267 g/mol. The van der Waals surface area contributed by atoms with Crippen LogP contribution in [0.1, 0.15) is 54.9 Å². The van der Waals surface area contributed by atoms with Crippen LogP contribution in [-0.2, 0) is 4.74 Å². The van der Waals surface area contributed by atoms with E-state index in [9.17, 15) is 9.18 Å². The van der Waals surface area contributed by atoms with Gasteiger partial charge in [0.25, 0.3) is 0 Å². The summed E-state index contributed by atoms with van der Waals surface area (Å²) < 4.78 is 18.5. The predicted octanol–water partition coefficient (Wildman–Crippen LogP) is 3.84. The Morgan fingerprint density at radius 1 is 1.26 bits per heavy atom. The van der Waals surface area contributed by atoms with Crippen molar-refractivity contribution in [1.82, 2.24) is 0 Å². The van der Waals surface area contributed by atoms with E-state index in [1.807, 2.05) is 0 Å². The Hall–Kier alpha value is -1.58. The maximum Gasteiger partial charge on any atom is 0.338 e. The molecule has 19 heavy (non-hydrogen) atoms. The lowest BCUT2D eigenvalue weighted by molar-refractivity contribution is 0.0497. The number of nitrogens with two attached hydrogens (primary N) is 1. The maximum atomic E-state index is 13.4. The summed E-state index contributed by atoms with van der Waals surface area (Å²) in [5.41, 5.74) is 6.43. The molecular formula is C15H22FNO2. The molecule has 0 aliphatic heterocycles. The SMILES string of the molecule is CCCCCCCOC(=O)c1cc(N)c(C)c(F)c1. The molecule has 0 spiro atoms. The van der Waals surface area contributed by atoms with Gasteiger partial charge in [-0.1, -0.05) is 32.6 Å². The average Bonchev–Trinajstić information content (AvgIpc) is 2.39. The molecule has 0 aliphatic rings. The number of unbranched alkanes of at least 4 members (excludes halogenated alkanes) is 4. The van der Waals surface area contributed by atoms with Crippen LogP contribution >= 0.6 is 0 Å². The van der Waals surface area contributed by atoms with Crippen molar-refractivity contribution in [1.29, 1.82) is 0 Å². The summed E-state index contributed by atoms with van der Waals surface area (Å²) in [6, 6.07) is 2.63. The van der Waals surface area contributed by atoms with Crippen molar-refractivity contribution in [2.45, 2.75) is 46.0 Å². The van der Waals surface area contributed by atoms with Gasteiger partial charge in [-0.05, 0) is 25.5 Å². The third-order valence-corrected chi connectivity index (χ3v) is 3.10. The molecule has 2 N–H and O–H groups in total. The van der Waals surface area contributed by atoms with E-state index in [2.05, 4.69) is 6.92 Å². The van der Waals surface area contributed by atoms with Crippen molar-refractivity contribution in [3.8, 4) is 0 Å². The van der Waals surface area contributed by atoms with Gasteiger partial charge in [-0.3, -0.25) is 0 Å². The molecule has 0 fully saturated rings. The summed E-state index contributed by atoms with van der Waals surface area (Å²) in [5, 5.41) is 0. The quantitative estimate of drug-likeness (QED) is 0.464. The van der Waals surface area contributed by atoms with Gasteiger partial charge in [0.2, 0.25) is 0 Å². The highest BCUT2D eigenvalue weighted by atomic mass is 19.1. The lowest BCUT2D eigenvalue weighted by Gasteiger charge is -2.07. The van der Waals surface area contributed by atoms with Crippen molar-refractivity contribution in [2.75, 3.05) is 12.3 Å². The number of halogens is 1. The largest absolute Gasteiger partial charge is 0.462 e. The second kappa shape index (κ2) is 7.77. The fraction of sp³-hybridized carbons (Fsp3) is 0.533. The van der Waals surface area contributed by atoms with E-state index >= 15 is 0 Å². The van der Waals surface area contributed by atoms with Crippen molar-refractivity contribution in [3.05, 3.63) is 29.1 Å². The summed E-state index contributed by atoms with van der Waals surface area (Å²) in [7, 11) is 0. The Kier molecular flexibility index (Phi) is 6.33. The lowest BCUT2D eigenvalue weighted by atomic mass is 10.1. The Bertz CT molecular complexity index is 409.